The Morgan fingerprint density at radius 3 is 2.32 bits per heavy atom. The van der Waals surface area contributed by atoms with Gasteiger partial charge in [-0.15, -0.1) is 0 Å². The Kier molecular flexibility index (Phi) is 5.02. The summed E-state index contributed by atoms with van der Waals surface area (Å²) in [5.41, 5.74) is 0.972. The maximum atomic E-state index is 13.2. The number of hydrogen-bond acceptors (Lipinski definition) is 5. The van der Waals surface area contributed by atoms with Gasteiger partial charge in [0.05, 0.1) is 36.5 Å². The fourth-order valence-electron chi connectivity index (χ4n) is 3.69. The van der Waals surface area contributed by atoms with Gasteiger partial charge in [-0.1, -0.05) is 11.6 Å². The van der Waals surface area contributed by atoms with Crippen LogP contribution in [0.4, 0.5) is 0 Å². The highest BCUT2D eigenvalue weighted by Gasteiger charge is 2.22. The second kappa shape index (κ2) is 7.55. The van der Waals surface area contributed by atoms with Crippen LogP contribution in [0.1, 0.15) is 0 Å². The topological polar surface area (TPSA) is 87.6 Å². The minimum atomic E-state index is -0.455. The van der Waals surface area contributed by atoms with E-state index in [1.807, 2.05) is 0 Å². The van der Waals surface area contributed by atoms with Crippen LogP contribution in [0.5, 0.6) is 17.2 Å². The van der Waals surface area contributed by atoms with Crippen LogP contribution in [0.3, 0.4) is 0 Å². The lowest BCUT2D eigenvalue weighted by atomic mass is 10.1. The van der Waals surface area contributed by atoms with Crippen molar-refractivity contribution in [2.24, 2.45) is 14.1 Å². The van der Waals surface area contributed by atoms with Crippen LogP contribution in [0.2, 0.25) is 5.02 Å². The number of rotatable bonds is 4. The van der Waals surface area contributed by atoms with Crippen molar-refractivity contribution in [1.29, 1.82) is 0 Å². The average Bonchev–Trinajstić information content (AvgIpc) is 3.17. The van der Waals surface area contributed by atoms with Gasteiger partial charge >= 0.3 is 5.69 Å². The number of phenols is 1. The van der Waals surface area contributed by atoms with Crippen LogP contribution in [-0.2, 0) is 14.1 Å². The van der Waals surface area contributed by atoms with E-state index in [9.17, 15) is 14.7 Å². The van der Waals surface area contributed by atoms with Crippen molar-refractivity contribution in [2.45, 2.75) is 0 Å². The number of aromatic nitrogens is 3. The second-order valence-corrected chi connectivity index (χ2v) is 7.45. The molecular weight excluding hydrogens is 422 g/mol. The van der Waals surface area contributed by atoms with Gasteiger partial charge in [0.15, 0.2) is 11.5 Å². The first-order valence-electron chi connectivity index (χ1n) is 9.30. The summed E-state index contributed by atoms with van der Waals surface area (Å²) >= 11 is 6.18. The summed E-state index contributed by atoms with van der Waals surface area (Å²) in [6.45, 7) is 0. The highest BCUT2D eigenvalue weighted by atomic mass is 35.5. The van der Waals surface area contributed by atoms with Gasteiger partial charge in [0.2, 0.25) is 0 Å². The highest BCUT2D eigenvalue weighted by Crippen LogP contribution is 2.38. The van der Waals surface area contributed by atoms with Gasteiger partial charge in [-0.3, -0.25) is 13.9 Å². The van der Waals surface area contributed by atoms with Crippen LogP contribution in [0, 0.1) is 0 Å². The summed E-state index contributed by atoms with van der Waals surface area (Å²) in [5, 5.41) is 11.3. The standard InChI is InChI=1S/C22H20ClN3O5/c1-24-15-11-26(14-10-13(23)6-7-16(14)27)20(19(15)21(28)25(2)22(24)29)12-5-8-17(30-3)18(9-12)31-4/h5-11,27H,1-4H3. The van der Waals surface area contributed by atoms with Gasteiger partial charge in [0, 0.05) is 30.9 Å². The van der Waals surface area contributed by atoms with Gasteiger partial charge in [0.1, 0.15) is 5.75 Å². The Balaban J connectivity index is 2.21. The Morgan fingerprint density at radius 1 is 0.935 bits per heavy atom. The molecule has 2 aromatic heterocycles. The Hall–Kier alpha value is -3.65. The molecule has 9 heteroatoms. The molecule has 2 heterocycles. The van der Waals surface area contributed by atoms with E-state index in [1.54, 1.807) is 48.1 Å². The van der Waals surface area contributed by atoms with E-state index in [2.05, 4.69) is 0 Å². The maximum Gasteiger partial charge on any atom is 0.330 e. The number of fused-ring (bicyclic) bond motifs is 1. The smallest absolute Gasteiger partial charge is 0.330 e. The minimum Gasteiger partial charge on any atom is -0.506 e. The molecule has 31 heavy (non-hydrogen) atoms. The van der Waals surface area contributed by atoms with E-state index in [-0.39, 0.29) is 5.75 Å². The molecule has 0 aliphatic carbocycles. The lowest BCUT2D eigenvalue weighted by Gasteiger charge is -2.14. The average molecular weight is 442 g/mol. The Bertz CT molecular complexity index is 1450. The number of nitrogens with zero attached hydrogens (tertiary/aromatic N) is 3. The number of benzene rings is 2. The van der Waals surface area contributed by atoms with Gasteiger partial charge in [0.25, 0.3) is 5.56 Å². The van der Waals surface area contributed by atoms with E-state index in [0.29, 0.717) is 44.4 Å². The first-order chi connectivity index (χ1) is 14.8. The molecule has 4 aromatic rings. The monoisotopic (exact) mass is 441 g/mol. The third-order valence-electron chi connectivity index (χ3n) is 5.29. The molecule has 0 radical (unpaired) electrons. The summed E-state index contributed by atoms with van der Waals surface area (Å²) in [6, 6.07) is 9.85. The molecular formula is C22H20ClN3O5. The molecule has 0 saturated heterocycles. The van der Waals surface area contributed by atoms with Crippen molar-refractivity contribution < 1.29 is 14.6 Å². The molecule has 0 aliphatic heterocycles. The van der Waals surface area contributed by atoms with Crippen molar-refractivity contribution in [1.82, 2.24) is 13.7 Å². The summed E-state index contributed by atoms with van der Waals surface area (Å²) in [4.78, 5) is 25.7. The van der Waals surface area contributed by atoms with Gasteiger partial charge in [-0.25, -0.2) is 4.79 Å². The summed E-state index contributed by atoms with van der Waals surface area (Å²) < 4.78 is 14.8. The van der Waals surface area contributed by atoms with Gasteiger partial charge in [-0.05, 0) is 36.4 Å². The summed E-state index contributed by atoms with van der Waals surface area (Å²) in [5.74, 6) is 0.964. The molecule has 0 atom stereocenters. The zero-order valence-corrected chi connectivity index (χ0v) is 18.1. The Labute approximate surface area is 182 Å². The third kappa shape index (κ3) is 3.16. The van der Waals surface area contributed by atoms with Crippen molar-refractivity contribution in [3.8, 4) is 34.2 Å². The van der Waals surface area contributed by atoms with Crippen molar-refractivity contribution in [3.63, 3.8) is 0 Å². The molecule has 160 valence electrons. The van der Waals surface area contributed by atoms with Crippen LogP contribution in [-0.4, -0.2) is 33.0 Å². The summed E-state index contributed by atoms with van der Waals surface area (Å²) in [7, 11) is 6.07. The zero-order chi connectivity index (χ0) is 22.4. The largest absolute Gasteiger partial charge is 0.506 e. The van der Waals surface area contributed by atoms with Gasteiger partial charge in [-0.2, -0.15) is 0 Å². The molecule has 0 bridgehead atoms. The highest BCUT2D eigenvalue weighted by molar-refractivity contribution is 6.30. The third-order valence-corrected chi connectivity index (χ3v) is 5.53. The molecule has 0 unspecified atom stereocenters. The molecule has 0 spiro atoms. The van der Waals surface area contributed by atoms with Crippen LogP contribution < -0.4 is 20.7 Å². The molecule has 0 fully saturated rings. The number of aromatic hydroxyl groups is 1. The van der Waals surface area contributed by atoms with Gasteiger partial charge < -0.3 is 19.1 Å². The lowest BCUT2D eigenvalue weighted by Crippen LogP contribution is -2.36. The predicted octanol–water partition coefficient (Wildman–Crippen LogP) is 3.07. The fourth-order valence-corrected chi connectivity index (χ4v) is 3.85. The van der Waals surface area contributed by atoms with Crippen molar-refractivity contribution in [2.75, 3.05) is 14.2 Å². The van der Waals surface area contributed by atoms with E-state index in [4.69, 9.17) is 21.1 Å². The maximum absolute atomic E-state index is 13.2. The van der Waals surface area contributed by atoms with Crippen LogP contribution in [0.25, 0.3) is 27.8 Å². The van der Waals surface area contributed by atoms with E-state index in [1.165, 1.54) is 31.9 Å². The SMILES string of the molecule is COc1ccc(-c2c3c(=O)n(C)c(=O)n(C)c3cn2-c2cc(Cl)ccc2O)cc1OC. The van der Waals surface area contributed by atoms with E-state index in [0.717, 1.165) is 4.57 Å². The minimum absolute atomic E-state index is 0.0340. The quantitative estimate of drug-likeness (QED) is 0.526. The molecule has 1 N–H and O–H groups in total. The van der Waals surface area contributed by atoms with Crippen LogP contribution >= 0.6 is 11.6 Å². The van der Waals surface area contributed by atoms with Crippen molar-refractivity contribution >= 4 is 22.5 Å². The molecule has 0 saturated carbocycles. The van der Waals surface area contributed by atoms with E-state index >= 15 is 0 Å². The first-order valence-corrected chi connectivity index (χ1v) is 9.68. The van der Waals surface area contributed by atoms with Crippen molar-refractivity contribution in [3.05, 3.63) is 68.5 Å². The molecule has 8 nitrogen and oxygen atoms in total. The normalized spacial score (nSPS) is 11.1. The molecule has 0 aliphatic rings. The Morgan fingerprint density at radius 2 is 1.65 bits per heavy atom. The number of methoxy groups -OCH3 is 2. The number of aryl methyl sites for hydroxylation is 1. The fraction of sp³-hybridized carbons (Fsp3) is 0.182. The number of hydrogen-bond donors (Lipinski definition) is 1. The van der Waals surface area contributed by atoms with Crippen LogP contribution in [0.15, 0.2) is 52.2 Å². The number of ether oxygens (including phenoxy) is 2. The lowest BCUT2D eigenvalue weighted by molar-refractivity contribution is 0.355. The number of phenolic OH excluding ortho intramolecular Hbond substituents is 1. The molecule has 4 rings (SSSR count). The number of halogens is 1. The molecule has 0 amide bonds. The van der Waals surface area contributed by atoms with E-state index < -0.39 is 11.2 Å². The summed E-state index contributed by atoms with van der Waals surface area (Å²) in [6.07, 6.45) is 1.63. The zero-order valence-electron chi connectivity index (χ0n) is 17.3. The first kappa shape index (κ1) is 20.6. The molecule has 2 aromatic carbocycles. The second-order valence-electron chi connectivity index (χ2n) is 7.02. The predicted molar refractivity (Wildman–Crippen MR) is 119 cm³/mol.